The van der Waals surface area contributed by atoms with Gasteiger partial charge in [0.1, 0.15) is 11.4 Å². The summed E-state index contributed by atoms with van der Waals surface area (Å²) in [7, 11) is 0. The van der Waals surface area contributed by atoms with E-state index in [4.69, 9.17) is 0 Å². The van der Waals surface area contributed by atoms with E-state index in [-0.39, 0.29) is 5.91 Å². The molecule has 1 aromatic rings. The summed E-state index contributed by atoms with van der Waals surface area (Å²) in [5, 5.41) is 0.853. The van der Waals surface area contributed by atoms with Gasteiger partial charge in [-0.25, -0.2) is 0 Å². The molecule has 1 aliphatic heterocycles. The number of carbonyl (C=O) groups excluding carboxylic acids is 1. The number of hydrogen-bond donors (Lipinski definition) is 0. The Labute approximate surface area is 135 Å². The SMILES string of the molecule is CCCCC1=NC(C)(C)C(=O)N1Cc1ccc(CBr)cc1. The first kappa shape index (κ1) is 16.2. The van der Waals surface area contributed by atoms with Gasteiger partial charge in [0.15, 0.2) is 0 Å². The smallest absolute Gasteiger partial charge is 0.255 e. The second kappa shape index (κ2) is 6.73. The molecular formula is C17H23BrN2O. The number of amides is 1. The van der Waals surface area contributed by atoms with Gasteiger partial charge in [0.25, 0.3) is 5.91 Å². The van der Waals surface area contributed by atoms with Crippen LogP contribution in [0.1, 0.15) is 51.2 Å². The fourth-order valence-electron chi connectivity index (χ4n) is 2.48. The van der Waals surface area contributed by atoms with E-state index in [1.165, 1.54) is 5.56 Å². The zero-order valence-electron chi connectivity index (χ0n) is 13.0. The maximum atomic E-state index is 12.5. The molecule has 0 bridgehead atoms. The van der Waals surface area contributed by atoms with Gasteiger partial charge in [-0.1, -0.05) is 53.5 Å². The van der Waals surface area contributed by atoms with Crippen molar-refractivity contribution in [3.63, 3.8) is 0 Å². The molecule has 0 spiro atoms. The summed E-state index contributed by atoms with van der Waals surface area (Å²) in [4.78, 5) is 19.0. The lowest BCUT2D eigenvalue weighted by Gasteiger charge is -2.21. The van der Waals surface area contributed by atoms with Crippen LogP contribution in [-0.2, 0) is 16.7 Å². The minimum absolute atomic E-state index is 0.109. The van der Waals surface area contributed by atoms with E-state index >= 15 is 0 Å². The average molecular weight is 351 g/mol. The molecule has 1 heterocycles. The minimum Gasteiger partial charge on any atom is -0.294 e. The van der Waals surface area contributed by atoms with E-state index in [1.807, 2.05) is 18.7 Å². The largest absolute Gasteiger partial charge is 0.294 e. The third-order valence-electron chi connectivity index (χ3n) is 3.76. The second-order valence-electron chi connectivity index (χ2n) is 6.03. The summed E-state index contributed by atoms with van der Waals surface area (Å²) in [6.45, 7) is 6.57. The van der Waals surface area contributed by atoms with Crippen molar-refractivity contribution in [2.75, 3.05) is 0 Å². The Balaban J connectivity index is 2.15. The highest BCUT2D eigenvalue weighted by atomic mass is 79.9. The van der Waals surface area contributed by atoms with Crippen molar-refractivity contribution in [3.8, 4) is 0 Å². The van der Waals surface area contributed by atoms with Gasteiger partial charge in [0.05, 0.1) is 6.54 Å². The number of hydrogen-bond acceptors (Lipinski definition) is 2. The molecule has 0 N–H and O–H groups in total. The van der Waals surface area contributed by atoms with Crippen LogP contribution in [0.4, 0.5) is 0 Å². The molecule has 114 valence electrons. The second-order valence-corrected chi connectivity index (χ2v) is 6.59. The number of benzene rings is 1. The number of carbonyl (C=O) groups is 1. The van der Waals surface area contributed by atoms with Crippen LogP contribution in [0.15, 0.2) is 29.3 Å². The Bertz CT molecular complexity index is 534. The summed E-state index contributed by atoms with van der Waals surface area (Å²) < 4.78 is 0. The van der Waals surface area contributed by atoms with Gasteiger partial charge in [-0.3, -0.25) is 14.7 Å². The van der Waals surface area contributed by atoms with Crippen molar-refractivity contribution < 1.29 is 4.79 Å². The summed E-state index contributed by atoms with van der Waals surface area (Å²) >= 11 is 3.45. The quantitative estimate of drug-likeness (QED) is 0.704. The highest BCUT2D eigenvalue weighted by Gasteiger charge is 2.40. The number of halogens is 1. The van der Waals surface area contributed by atoms with Gasteiger partial charge in [-0.2, -0.15) is 0 Å². The maximum Gasteiger partial charge on any atom is 0.255 e. The van der Waals surface area contributed by atoms with Crippen molar-refractivity contribution in [3.05, 3.63) is 35.4 Å². The van der Waals surface area contributed by atoms with E-state index in [0.717, 1.165) is 36.0 Å². The van der Waals surface area contributed by atoms with Crippen LogP contribution in [0.25, 0.3) is 0 Å². The van der Waals surface area contributed by atoms with E-state index in [1.54, 1.807) is 0 Å². The highest BCUT2D eigenvalue weighted by molar-refractivity contribution is 9.08. The topological polar surface area (TPSA) is 32.7 Å². The zero-order chi connectivity index (χ0) is 15.5. The maximum absolute atomic E-state index is 12.5. The van der Waals surface area contributed by atoms with Crippen molar-refractivity contribution in [2.24, 2.45) is 4.99 Å². The standard InChI is InChI=1S/C17H23BrN2O/c1-4-5-6-15-19-17(2,3)16(21)20(15)12-14-9-7-13(11-18)8-10-14/h7-10H,4-6,11-12H2,1-3H3. The van der Waals surface area contributed by atoms with Gasteiger partial charge in [-0.15, -0.1) is 0 Å². The Kier molecular flexibility index (Phi) is 5.20. The monoisotopic (exact) mass is 350 g/mol. The van der Waals surface area contributed by atoms with Crippen molar-refractivity contribution in [2.45, 2.75) is 57.4 Å². The van der Waals surface area contributed by atoms with Crippen molar-refractivity contribution >= 4 is 27.7 Å². The lowest BCUT2D eigenvalue weighted by molar-refractivity contribution is -0.130. The fourth-order valence-corrected chi connectivity index (χ4v) is 2.86. The number of unbranched alkanes of at least 4 members (excludes halogenated alkanes) is 1. The summed E-state index contributed by atoms with van der Waals surface area (Å²) in [6.07, 6.45) is 3.06. The van der Waals surface area contributed by atoms with Crippen molar-refractivity contribution in [1.82, 2.24) is 4.90 Å². The fraction of sp³-hybridized carbons (Fsp3) is 0.529. The number of nitrogens with zero attached hydrogens (tertiary/aromatic N) is 2. The molecule has 1 aliphatic rings. The number of alkyl halides is 1. The van der Waals surface area contributed by atoms with Crippen LogP contribution in [0.5, 0.6) is 0 Å². The first-order valence-electron chi connectivity index (χ1n) is 7.52. The van der Waals surface area contributed by atoms with E-state index < -0.39 is 5.54 Å². The van der Waals surface area contributed by atoms with Gasteiger partial charge < -0.3 is 0 Å². The van der Waals surface area contributed by atoms with Crippen LogP contribution >= 0.6 is 15.9 Å². The molecule has 0 unspecified atom stereocenters. The number of aliphatic imine (C=N–C) groups is 1. The molecule has 0 aliphatic carbocycles. The molecule has 2 rings (SSSR count). The number of amidine groups is 1. The molecule has 0 fully saturated rings. The molecular weight excluding hydrogens is 328 g/mol. The molecule has 0 saturated carbocycles. The van der Waals surface area contributed by atoms with Crippen LogP contribution < -0.4 is 0 Å². The lowest BCUT2D eigenvalue weighted by atomic mass is 10.1. The molecule has 0 radical (unpaired) electrons. The minimum atomic E-state index is -0.612. The van der Waals surface area contributed by atoms with Crippen LogP contribution in [0.3, 0.4) is 0 Å². The summed E-state index contributed by atoms with van der Waals surface area (Å²) in [6, 6.07) is 8.37. The van der Waals surface area contributed by atoms with E-state index in [2.05, 4.69) is 52.1 Å². The highest BCUT2D eigenvalue weighted by Crippen LogP contribution is 2.26. The lowest BCUT2D eigenvalue weighted by Crippen LogP contribution is -2.38. The van der Waals surface area contributed by atoms with E-state index in [0.29, 0.717) is 6.54 Å². The molecule has 21 heavy (non-hydrogen) atoms. The van der Waals surface area contributed by atoms with Crippen LogP contribution in [0.2, 0.25) is 0 Å². The number of rotatable bonds is 6. The predicted molar refractivity (Wildman–Crippen MR) is 90.7 cm³/mol. The molecule has 4 heteroatoms. The molecule has 0 saturated heterocycles. The van der Waals surface area contributed by atoms with Gasteiger partial charge >= 0.3 is 0 Å². The zero-order valence-corrected chi connectivity index (χ0v) is 14.6. The third kappa shape index (κ3) is 3.73. The normalized spacial score (nSPS) is 17.2. The average Bonchev–Trinajstić information content (AvgIpc) is 2.69. The van der Waals surface area contributed by atoms with Crippen LogP contribution in [0, 0.1) is 0 Å². The van der Waals surface area contributed by atoms with Gasteiger partial charge in [0.2, 0.25) is 0 Å². The van der Waals surface area contributed by atoms with E-state index in [9.17, 15) is 4.79 Å². The Morgan fingerprint density at radius 3 is 2.38 bits per heavy atom. The Morgan fingerprint density at radius 2 is 1.81 bits per heavy atom. The summed E-state index contributed by atoms with van der Waals surface area (Å²) in [5.41, 5.74) is 1.78. The molecule has 3 nitrogen and oxygen atoms in total. The molecule has 1 aromatic carbocycles. The Morgan fingerprint density at radius 1 is 1.19 bits per heavy atom. The first-order chi connectivity index (χ1) is 9.97. The molecule has 0 atom stereocenters. The Hall–Kier alpha value is -1.16. The molecule has 0 aromatic heterocycles. The first-order valence-corrected chi connectivity index (χ1v) is 8.64. The molecule has 1 amide bonds. The van der Waals surface area contributed by atoms with Gasteiger partial charge in [-0.05, 0) is 31.4 Å². The summed E-state index contributed by atoms with van der Waals surface area (Å²) in [5.74, 6) is 1.05. The van der Waals surface area contributed by atoms with Gasteiger partial charge in [0, 0.05) is 11.8 Å². The third-order valence-corrected chi connectivity index (χ3v) is 4.41. The predicted octanol–water partition coefficient (Wildman–Crippen LogP) is 4.29. The van der Waals surface area contributed by atoms with Crippen molar-refractivity contribution in [1.29, 1.82) is 0 Å². The van der Waals surface area contributed by atoms with Crippen LogP contribution in [-0.4, -0.2) is 22.2 Å².